The van der Waals surface area contributed by atoms with E-state index in [-0.39, 0.29) is 5.91 Å². The van der Waals surface area contributed by atoms with Crippen molar-refractivity contribution in [2.45, 2.75) is 6.92 Å². The molecule has 92 valence electrons. The fourth-order valence-electron chi connectivity index (χ4n) is 1.68. The topological polar surface area (TPSA) is 72.1 Å². The van der Waals surface area contributed by atoms with Gasteiger partial charge in [0.05, 0.1) is 11.9 Å². The van der Waals surface area contributed by atoms with E-state index >= 15 is 0 Å². The first-order chi connectivity index (χ1) is 8.58. The molecule has 2 N–H and O–H groups in total. The van der Waals surface area contributed by atoms with Gasteiger partial charge in [0.25, 0.3) is 5.91 Å². The molecule has 0 radical (unpaired) electrons. The summed E-state index contributed by atoms with van der Waals surface area (Å²) in [4.78, 5) is 21.8. The monoisotopic (exact) mass is 242 g/mol. The number of hydrogen-bond donors (Lipinski definition) is 1. The highest BCUT2D eigenvalue weighted by atomic mass is 16.2. The van der Waals surface area contributed by atoms with E-state index in [9.17, 15) is 4.79 Å². The molecule has 2 aromatic rings. The Morgan fingerprint density at radius 2 is 2.17 bits per heavy atom. The molecule has 0 aliphatic heterocycles. The van der Waals surface area contributed by atoms with Gasteiger partial charge in [-0.1, -0.05) is 0 Å². The summed E-state index contributed by atoms with van der Waals surface area (Å²) in [6.45, 7) is 1.80. The molecule has 0 aromatic carbocycles. The number of aromatic nitrogens is 2. The molecule has 0 aliphatic carbocycles. The van der Waals surface area contributed by atoms with E-state index in [1.54, 1.807) is 44.6 Å². The lowest BCUT2D eigenvalue weighted by Crippen LogP contribution is -2.26. The summed E-state index contributed by atoms with van der Waals surface area (Å²) in [5.74, 6) is 0.207. The van der Waals surface area contributed by atoms with E-state index in [1.807, 2.05) is 6.07 Å². The first-order valence-electron chi connectivity index (χ1n) is 5.50. The Hall–Kier alpha value is -2.43. The van der Waals surface area contributed by atoms with Gasteiger partial charge in [0.2, 0.25) is 0 Å². The Morgan fingerprint density at radius 3 is 2.78 bits per heavy atom. The Balaban J connectivity index is 2.31. The maximum atomic E-state index is 12.3. The molecular formula is C13H14N4O. The number of hydrogen-bond acceptors (Lipinski definition) is 4. The molecule has 0 unspecified atom stereocenters. The number of nitrogen functional groups attached to an aromatic ring is 1. The van der Waals surface area contributed by atoms with Crippen molar-refractivity contribution in [1.82, 2.24) is 9.97 Å². The minimum Gasteiger partial charge on any atom is -0.384 e. The molecule has 0 aliphatic rings. The van der Waals surface area contributed by atoms with Crippen molar-refractivity contribution in [3.63, 3.8) is 0 Å². The Bertz CT molecular complexity index is 548. The number of carbonyl (C=O) groups is 1. The lowest BCUT2D eigenvalue weighted by Gasteiger charge is -2.17. The van der Waals surface area contributed by atoms with Gasteiger partial charge < -0.3 is 10.6 Å². The van der Waals surface area contributed by atoms with Crippen molar-refractivity contribution in [1.29, 1.82) is 0 Å². The maximum Gasteiger partial charge on any atom is 0.258 e. The summed E-state index contributed by atoms with van der Waals surface area (Å²) in [5.41, 5.74) is 7.61. The first kappa shape index (κ1) is 12.0. The normalized spacial score (nSPS) is 10.1. The summed E-state index contributed by atoms with van der Waals surface area (Å²) >= 11 is 0. The number of aryl methyl sites for hydroxylation is 1. The molecule has 2 aromatic heterocycles. The van der Waals surface area contributed by atoms with Gasteiger partial charge >= 0.3 is 0 Å². The quantitative estimate of drug-likeness (QED) is 0.869. The lowest BCUT2D eigenvalue weighted by molar-refractivity contribution is 0.0993. The van der Waals surface area contributed by atoms with Gasteiger partial charge in [0, 0.05) is 24.5 Å². The van der Waals surface area contributed by atoms with Gasteiger partial charge in [0.1, 0.15) is 5.82 Å². The second kappa shape index (κ2) is 4.83. The zero-order valence-corrected chi connectivity index (χ0v) is 10.3. The second-order valence-corrected chi connectivity index (χ2v) is 4.00. The van der Waals surface area contributed by atoms with Crippen LogP contribution in [0.15, 0.2) is 36.7 Å². The average molecular weight is 242 g/mol. The van der Waals surface area contributed by atoms with Crippen LogP contribution in [0.5, 0.6) is 0 Å². The van der Waals surface area contributed by atoms with E-state index in [0.717, 1.165) is 11.4 Å². The largest absolute Gasteiger partial charge is 0.384 e. The summed E-state index contributed by atoms with van der Waals surface area (Å²) in [5, 5.41) is 0. The molecule has 5 heteroatoms. The standard InChI is InChI=1S/C13H14N4O/c1-9-6-10(7-12(14)16-9)13(18)17(2)11-4-3-5-15-8-11/h3-8H,1-2H3,(H2,14,16). The zero-order chi connectivity index (χ0) is 13.1. The Kier molecular flexibility index (Phi) is 3.23. The molecule has 0 atom stereocenters. The van der Waals surface area contributed by atoms with Crippen molar-refractivity contribution >= 4 is 17.4 Å². The molecule has 0 saturated heterocycles. The van der Waals surface area contributed by atoms with E-state index in [4.69, 9.17) is 5.73 Å². The third-order valence-electron chi connectivity index (χ3n) is 2.56. The number of nitrogens with two attached hydrogens (primary N) is 1. The molecule has 0 saturated carbocycles. The van der Waals surface area contributed by atoms with Crippen LogP contribution in [-0.2, 0) is 0 Å². The van der Waals surface area contributed by atoms with Crippen LogP contribution >= 0.6 is 0 Å². The predicted molar refractivity (Wildman–Crippen MR) is 70.4 cm³/mol. The van der Waals surface area contributed by atoms with Crippen LogP contribution in [0.2, 0.25) is 0 Å². The van der Waals surface area contributed by atoms with Crippen molar-refractivity contribution in [3.05, 3.63) is 47.9 Å². The van der Waals surface area contributed by atoms with Crippen LogP contribution in [0.3, 0.4) is 0 Å². The van der Waals surface area contributed by atoms with E-state index in [2.05, 4.69) is 9.97 Å². The zero-order valence-electron chi connectivity index (χ0n) is 10.3. The number of pyridine rings is 2. The van der Waals surface area contributed by atoms with E-state index in [1.165, 1.54) is 4.90 Å². The third-order valence-corrected chi connectivity index (χ3v) is 2.56. The number of carbonyl (C=O) groups excluding carboxylic acids is 1. The van der Waals surface area contributed by atoms with Gasteiger partial charge in [-0.25, -0.2) is 4.98 Å². The van der Waals surface area contributed by atoms with Gasteiger partial charge in [0.15, 0.2) is 0 Å². The molecule has 0 fully saturated rings. The van der Waals surface area contributed by atoms with Crippen molar-refractivity contribution in [2.75, 3.05) is 17.7 Å². The van der Waals surface area contributed by atoms with Crippen LogP contribution < -0.4 is 10.6 Å². The SMILES string of the molecule is Cc1cc(C(=O)N(C)c2cccnc2)cc(N)n1. The molecule has 2 heterocycles. The first-order valence-corrected chi connectivity index (χ1v) is 5.50. The molecule has 0 spiro atoms. The highest BCUT2D eigenvalue weighted by Gasteiger charge is 2.14. The highest BCUT2D eigenvalue weighted by molar-refractivity contribution is 6.06. The summed E-state index contributed by atoms with van der Waals surface area (Å²) < 4.78 is 0. The molecule has 0 bridgehead atoms. The molecule has 5 nitrogen and oxygen atoms in total. The van der Waals surface area contributed by atoms with Crippen LogP contribution in [0.25, 0.3) is 0 Å². The van der Waals surface area contributed by atoms with E-state index in [0.29, 0.717) is 11.4 Å². The van der Waals surface area contributed by atoms with Gasteiger partial charge in [-0.05, 0) is 31.2 Å². The fourth-order valence-corrected chi connectivity index (χ4v) is 1.68. The lowest BCUT2D eigenvalue weighted by atomic mass is 10.2. The second-order valence-electron chi connectivity index (χ2n) is 4.00. The number of rotatable bonds is 2. The fraction of sp³-hybridized carbons (Fsp3) is 0.154. The molecule has 2 rings (SSSR count). The van der Waals surface area contributed by atoms with Crippen LogP contribution in [0, 0.1) is 6.92 Å². The third kappa shape index (κ3) is 2.45. The van der Waals surface area contributed by atoms with Crippen molar-refractivity contribution < 1.29 is 4.79 Å². The van der Waals surface area contributed by atoms with Crippen LogP contribution in [0.4, 0.5) is 11.5 Å². The van der Waals surface area contributed by atoms with Gasteiger partial charge in [-0.2, -0.15) is 0 Å². The molecular weight excluding hydrogens is 228 g/mol. The molecule has 1 amide bonds. The number of amides is 1. The summed E-state index contributed by atoms with van der Waals surface area (Å²) in [7, 11) is 1.70. The maximum absolute atomic E-state index is 12.3. The Morgan fingerprint density at radius 1 is 1.39 bits per heavy atom. The highest BCUT2D eigenvalue weighted by Crippen LogP contribution is 2.15. The summed E-state index contributed by atoms with van der Waals surface area (Å²) in [6.07, 6.45) is 3.30. The smallest absolute Gasteiger partial charge is 0.258 e. The molecule has 18 heavy (non-hydrogen) atoms. The minimum atomic E-state index is -0.139. The number of anilines is 2. The van der Waals surface area contributed by atoms with Crippen LogP contribution in [0.1, 0.15) is 16.1 Å². The predicted octanol–water partition coefficient (Wildman–Crippen LogP) is 1.64. The average Bonchev–Trinajstić information content (AvgIpc) is 2.37. The Labute approximate surface area is 105 Å². The van der Waals surface area contributed by atoms with Crippen molar-refractivity contribution in [3.8, 4) is 0 Å². The van der Waals surface area contributed by atoms with E-state index < -0.39 is 0 Å². The minimum absolute atomic E-state index is 0.139. The van der Waals surface area contributed by atoms with Gasteiger partial charge in [-0.15, -0.1) is 0 Å². The van der Waals surface area contributed by atoms with Gasteiger partial charge in [-0.3, -0.25) is 9.78 Å². The van der Waals surface area contributed by atoms with Crippen molar-refractivity contribution in [2.24, 2.45) is 0 Å². The summed E-state index contributed by atoms with van der Waals surface area (Å²) in [6, 6.07) is 6.89. The van der Waals surface area contributed by atoms with Crippen LogP contribution in [-0.4, -0.2) is 22.9 Å². The number of nitrogens with zero attached hydrogens (tertiary/aromatic N) is 3.